The van der Waals surface area contributed by atoms with Gasteiger partial charge in [-0.1, -0.05) is 18.2 Å². The van der Waals surface area contributed by atoms with Crippen molar-refractivity contribution >= 4 is 18.3 Å². The lowest BCUT2D eigenvalue weighted by atomic mass is 10.2. The number of aromatic nitrogens is 2. The van der Waals surface area contributed by atoms with Gasteiger partial charge in [0.05, 0.1) is 24.5 Å². The number of hydrogen-bond acceptors (Lipinski definition) is 4. The standard InChI is InChI=1S/C17H22N4O2.ClH/c1-23-11-14(18)17(22)19-10-15-13-8-5-9-16(13)21(20-15)12-6-3-2-4-7-12;/h2-4,6-7,14H,5,8-11,18H2,1H3,(H,19,22);1H. The van der Waals surface area contributed by atoms with E-state index in [0.717, 1.165) is 30.6 Å². The van der Waals surface area contributed by atoms with Crippen LogP contribution in [0.15, 0.2) is 30.3 Å². The molecule has 7 heteroatoms. The van der Waals surface area contributed by atoms with E-state index in [1.165, 1.54) is 18.4 Å². The minimum Gasteiger partial charge on any atom is -0.383 e. The zero-order valence-corrected chi connectivity index (χ0v) is 14.5. The Morgan fingerprint density at radius 3 is 2.83 bits per heavy atom. The number of benzene rings is 1. The van der Waals surface area contributed by atoms with E-state index in [9.17, 15) is 4.79 Å². The Hall–Kier alpha value is -1.89. The first-order valence-electron chi connectivity index (χ1n) is 7.88. The second kappa shape index (κ2) is 8.28. The van der Waals surface area contributed by atoms with Gasteiger partial charge in [-0.05, 0) is 37.0 Å². The summed E-state index contributed by atoms with van der Waals surface area (Å²) in [5.74, 6) is -0.215. The summed E-state index contributed by atoms with van der Waals surface area (Å²) in [6.45, 7) is 0.612. The third kappa shape index (κ3) is 3.77. The summed E-state index contributed by atoms with van der Waals surface area (Å²) in [7, 11) is 1.53. The molecular weight excluding hydrogens is 328 g/mol. The van der Waals surface area contributed by atoms with Gasteiger partial charge in [-0.25, -0.2) is 4.68 Å². The fraction of sp³-hybridized carbons (Fsp3) is 0.412. The molecule has 1 atom stereocenters. The van der Waals surface area contributed by atoms with Crippen molar-refractivity contribution in [3.05, 3.63) is 47.3 Å². The van der Waals surface area contributed by atoms with Crippen LogP contribution < -0.4 is 11.1 Å². The number of amides is 1. The molecule has 0 fully saturated rings. The fourth-order valence-corrected chi connectivity index (χ4v) is 3.00. The molecule has 6 nitrogen and oxygen atoms in total. The quantitative estimate of drug-likeness (QED) is 0.824. The second-order valence-electron chi connectivity index (χ2n) is 5.75. The molecule has 1 aromatic heterocycles. The summed E-state index contributed by atoms with van der Waals surface area (Å²) in [6, 6.07) is 9.44. The van der Waals surface area contributed by atoms with Crippen molar-refractivity contribution in [1.29, 1.82) is 0 Å². The summed E-state index contributed by atoms with van der Waals surface area (Å²) in [5.41, 5.74) is 10.2. The van der Waals surface area contributed by atoms with E-state index in [-0.39, 0.29) is 24.9 Å². The van der Waals surface area contributed by atoms with Crippen LogP contribution in [0.2, 0.25) is 0 Å². The highest BCUT2D eigenvalue weighted by molar-refractivity contribution is 5.85. The molecule has 24 heavy (non-hydrogen) atoms. The van der Waals surface area contributed by atoms with Crippen LogP contribution in [-0.2, 0) is 28.9 Å². The van der Waals surface area contributed by atoms with Crippen molar-refractivity contribution in [2.24, 2.45) is 5.73 Å². The highest BCUT2D eigenvalue weighted by atomic mass is 35.5. The number of fused-ring (bicyclic) bond motifs is 1. The summed E-state index contributed by atoms with van der Waals surface area (Å²) >= 11 is 0. The Morgan fingerprint density at radius 2 is 2.12 bits per heavy atom. The van der Waals surface area contributed by atoms with Crippen LogP contribution in [0.4, 0.5) is 0 Å². The molecule has 2 aromatic rings. The molecule has 0 aliphatic heterocycles. The van der Waals surface area contributed by atoms with Gasteiger partial charge in [0.25, 0.3) is 0 Å². The molecule has 1 amide bonds. The van der Waals surface area contributed by atoms with Gasteiger partial charge in [0.1, 0.15) is 6.04 Å². The number of nitrogens with two attached hydrogens (primary N) is 1. The summed E-state index contributed by atoms with van der Waals surface area (Å²) in [5, 5.41) is 7.57. The SMILES string of the molecule is COCC(N)C(=O)NCc1nn(-c2ccccc2)c2c1CCC2.Cl. The van der Waals surface area contributed by atoms with E-state index in [1.54, 1.807) is 0 Å². The number of methoxy groups -OCH3 is 1. The number of carbonyl (C=O) groups is 1. The van der Waals surface area contributed by atoms with Gasteiger partial charge >= 0.3 is 0 Å². The smallest absolute Gasteiger partial charge is 0.239 e. The lowest BCUT2D eigenvalue weighted by Gasteiger charge is -2.10. The van der Waals surface area contributed by atoms with E-state index < -0.39 is 6.04 Å². The molecule has 0 bridgehead atoms. The average Bonchev–Trinajstić information content (AvgIpc) is 3.16. The molecule has 0 saturated heterocycles. The Labute approximate surface area is 147 Å². The van der Waals surface area contributed by atoms with Gasteiger partial charge in [0, 0.05) is 12.8 Å². The van der Waals surface area contributed by atoms with Crippen molar-refractivity contribution in [3.63, 3.8) is 0 Å². The van der Waals surface area contributed by atoms with E-state index >= 15 is 0 Å². The second-order valence-corrected chi connectivity index (χ2v) is 5.75. The van der Waals surface area contributed by atoms with E-state index in [0.29, 0.717) is 6.54 Å². The van der Waals surface area contributed by atoms with Crippen LogP contribution in [0.5, 0.6) is 0 Å². The zero-order valence-electron chi connectivity index (χ0n) is 13.7. The predicted molar refractivity (Wildman–Crippen MR) is 94.5 cm³/mol. The Balaban J connectivity index is 0.00000208. The van der Waals surface area contributed by atoms with Crippen molar-refractivity contribution in [2.75, 3.05) is 13.7 Å². The molecule has 3 N–H and O–H groups in total. The van der Waals surface area contributed by atoms with Crippen molar-refractivity contribution in [2.45, 2.75) is 31.8 Å². The minimum atomic E-state index is -0.649. The third-order valence-corrected chi connectivity index (χ3v) is 4.13. The molecule has 1 aromatic carbocycles. The highest BCUT2D eigenvalue weighted by Crippen LogP contribution is 2.27. The molecule has 0 radical (unpaired) electrons. The first-order valence-corrected chi connectivity index (χ1v) is 7.88. The third-order valence-electron chi connectivity index (χ3n) is 4.13. The highest BCUT2D eigenvalue weighted by Gasteiger charge is 2.23. The molecule has 0 spiro atoms. The predicted octanol–water partition coefficient (Wildman–Crippen LogP) is 1.37. The van der Waals surface area contributed by atoms with Crippen LogP contribution in [0.3, 0.4) is 0 Å². The zero-order chi connectivity index (χ0) is 16.2. The van der Waals surface area contributed by atoms with Crippen LogP contribution in [-0.4, -0.2) is 35.4 Å². The molecule has 3 rings (SSSR count). The lowest BCUT2D eigenvalue weighted by molar-refractivity contribution is -0.123. The number of nitrogens with zero attached hydrogens (tertiary/aromatic N) is 2. The fourth-order valence-electron chi connectivity index (χ4n) is 3.00. The Bertz CT molecular complexity index is 687. The van der Waals surface area contributed by atoms with Crippen molar-refractivity contribution < 1.29 is 9.53 Å². The number of carbonyl (C=O) groups excluding carboxylic acids is 1. The Kier molecular flexibility index (Phi) is 6.36. The molecule has 1 heterocycles. The summed E-state index contributed by atoms with van der Waals surface area (Å²) in [4.78, 5) is 11.9. The number of hydrogen-bond donors (Lipinski definition) is 2. The van der Waals surface area contributed by atoms with Crippen molar-refractivity contribution in [1.82, 2.24) is 15.1 Å². The van der Waals surface area contributed by atoms with Crippen molar-refractivity contribution in [3.8, 4) is 5.69 Å². The first kappa shape index (κ1) is 18.4. The normalized spacial score (nSPS) is 13.9. The van der Waals surface area contributed by atoms with E-state index in [2.05, 4.69) is 5.32 Å². The van der Waals surface area contributed by atoms with Crippen LogP contribution in [0, 0.1) is 0 Å². The molecule has 1 unspecified atom stereocenters. The van der Waals surface area contributed by atoms with Gasteiger partial charge in [-0.3, -0.25) is 4.79 Å². The number of para-hydroxylation sites is 1. The maximum absolute atomic E-state index is 11.9. The molecule has 130 valence electrons. The van der Waals surface area contributed by atoms with Crippen LogP contribution >= 0.6 is 12.4 Å². The number of nitrogens with one attached hydrogen (secondary N) is 1. The van der Waals surface area contributed by atoms with E-state index in [4.69, 9.17) is 15.6 Å². The van der Waals surface area contributed by atoms with Gasteiger partial charge in [-0.2, -0.15) is 5.10 Å². The molecular formula is C17H23ClN4O2. The Morgan fingerprint density at radius 1 is 1.38 bits per heavy atom. The number of rotatable bonds is 6. The first-order chi connectivity index (χ1) is 11.2. The minimum absolute atomic E-state index is 0. The van der Waals surface area contributed by atoms with Gasteiger partial charge < -0.3 is 15.8 Å². The van der Waals surface area contributed by atoms with Crippen LogP contribution in [0.25, 0.3) is 5.69 Å². The lowest BCUT2D eigenvalue weighted by Crippen LogP contribution is -2.43. The number of ether oxygens (including phenoxy) is 1. The topological polar surface area (TPSA) is 82.2 Å². The monoisotopic (exact) mass is 350 g/mol. The van der Waals surface area contributed by atoms with Gasteiger partial charge in [0.15, 0.2) is 0 Å². The average molecular weight is 351 g/mol. The summed E-state index contributed by atoms with van der Waals surface area (Å²) in [6.07, 6.45) is 3.16. The van der Waals surface area contributed by atoms with Gasteiger partial charge in [-0.15, -0.1) is 12.4 Å². The largest absolute Gasteiger partial charge is 0.383 e. The maximum atomic E-state index is 11.9. The maximum Gasteiger partial charge on any atom is 0.239 e. The molecule has 1 aliphatic carbocycles. The molecule has 1 aliphatic rings. The van der Waals surface area contributed by atoms with E-state index in [1.807, 2.05) is 35.0 Å². The van der Waals surface area contributed by atoms with Gasteiger partial charge in [0.2, 0.25) is 5.91 Å². The van der Waals surface area contributed by atoms with Crippen LogP contribution in [0.1, 0.15) is 23.4 Å². The summed E-state index contributed by atoms with van der Waals surface area (Å²) < 4.78 is 6.91. The number of halogens is 1. The molecule has 0 saturated carbocycles.